The Labute approximate surface area is 113 Å². The van der Waals surface area contributed by atoms with Crippen LogP contribution in [0.4, 0.5) is 6.01 Å². The highest BCUT2D eigenvalue weighted by Crippen LogP contribution is 2.24. The molecule has 1 saturated carbocycles. The van der Waals surface area contributed by atoms with Gasteiger partial charge < -0.3 is 14.5 Å². The molecule has 19 heavy (non-hydrogen) atoms. The number of esters is 1. The molecule has 0 saturated heterocycles. The summed E-state index contributed by atoms with van der Waals surface area (Å²) in [5, 5.41) is 3.27. The first-order chi connectivity index (χ1) is 9.19. The number of aromatic nitrogens is 1. The fourth-order valence-electron chi connectivity index (χ4n) is 2.44. The number of nitrogens with one attached hydrogen (secondary N) is 1. The van der Waals surface area contributed by atoms with E-state index in [4.69, 9.17) is 9.15 Å². The lowest BCUT2D eigenvalue weighted by Gasteiger charge is -2.14. The molecule has 0 bridgehead atoms. The normalized spacial score (nSPS) is 23.7. The summed E-state index contributed by atoms with van der Waals surface area (Å²) < 4.78 is 10.2. The lowest BCUT2D eigenvalue weighted by atomic mass is 10.0. The summed E-state index contributed by atoms with van der Waals surface area (Å²) in [6, 6.07) is 0.807. The van der Waals surface area contributed by atoms with Crippen molar-refractivity contribution in [3.05, 3.63) is 12.0 Å². The maximum Gasteiger partial charge on any atom is 0.360 e. The van der Waals surface area contributed by atoms with Crippen molar-refractivity contribution < 1.29 is 13.9 Å². The first-order valence-electron chi connectivity index (χ1n) is 7.08. The highest BCUT2D eigenvalue weighted by Gasteiger charge is 2.19. The molecule has 5 heteroatoms. The molecule has 0 radical (unpaired) electrons. The Hall–Kier alpha value is -1.52. The lowest BCUT2D eigenvalue weighted by molar-refractivity contribution is 0.0519. The molecule has 1 heterocycles. The molecule has 5 nitrogen and oxygen atoms in total. The van der Waals surface area contributed by atoms with Gasteiger partial charge in [0.2, 0.25) is 0 Å². The van der Waals surface area contributed by atoms with Gasteiger partial charge in [-0.2, -0.15) is 4.98 Å². The van der Waals surface area contributed by atoms with E-state index in [-0.39, 0.29) is 5.69 Å². The van der Waals surface area contributed by atoms with Crippen LogP contribution in [0.5, 0.6) is 0 Å². The molecule has 1 aromatic heterocycles. The van der Waals surface area contributed by atoms with E-state index in [1.807, 2.05) is 0 Å². The Balaban J connectivity index is 1.90. The SMILES string of the molecule is CCOC(=O)c1coc(NC2CCCC(C)CC2)n1. The van der Waals surface area contributed by atoms with E-state index < -0.39 is 5.97 Å². The van der Waals surface area contributed by atoms with E-state index in [0.717, 1.165) is 18.8 Å². The van der Waals surface area contributed by atoms with Crippen LogP contribution in [0.2, 0.25) is 0 Å². The topological polar surface area (TPSA) is 64.4 Å². The van der Waals surface area contributed by atoms with Gasteiger partial charge in [0.25, 0.3) is 6.01 Å². The molecule has 1 fully saturated rings. The average molecular weight is 266 g/mol. The second-order valence-electron chi connectivity index (χ2n) is 5.21. The zero-order valence-electron chi connectivity index (χ0n) is 11.6. The molecular formula is C14H22N2O3. The van der Waals surface area contributed by atoms with Crippen molar-refractivity contribution in [1.82, 2.24) is 4.98 Å². The summed E-state index contributed by atoms with van der Waals surface area (Å²) in [6.45, 7) is 4.41. The Morgan fingerprint density at radius 3 is 3.11 bits per heavy atom. The molecule has 0 aromatic carbocycles. The van der Waals surface area contributed by atoms with Gasteiger partial charge in [-0.3, -0.25) is 0 Å². The van der Waals surface area contributed by atoms with Gasteiger partial charge in [-0.1, -0.05) is 19.8 Å². The molecule has 106 valence electrons. The maximum absolute atomic E-state index is 11.5. The molecule has 0 amide bonds. The van der Waals surface area contributed by atoms with Crippen LogP contribution in [0.25, 0.3) is 0 Å². The third-order valence-corrected chi connectivity index (χ3v) is 3.57. The molecule has 2 unspecified atom stereocenters. The lowest BCUT2D eigenvalue weighted by Crippen LogP contribution is -2.18. The third-order valence-electron chi connectivity index (χ3n) is 3.57. The van der Waals surface area contributed by atoms with E-state index in [1.54, 1.807) is 6.92 Å². The summed E-state index contributed by atoms with van der Waals surface area (Å²) in [5.74, 6) is 0.361. The Morgan fingerprint density at radius 1 is 1.47 bits per heavy atom. The van der Waals surface area contributed by atoms with E-state index in [0.29, 0.717) is 18.7 Å². The zero-order chi connectivity index (χ0) is 13.7. The predicted molar refractivity (Wildman–Crippen MR) is 72.1 cm³/mol. The van der Waals surface area contributed by atoms with Crippen LogP contribution >= 0.6 is 0 Å². The maximum atomic E-state index is 11.5. The van der Waals surface area contributed by atoms with E-state index >= 15 is 0 Å². The number of carbonyl (C=O) groups is 1. The van der Waals surface area contributed by atoms with Crippen LogP contribution in [0, 0.1) is 5.92 Å². The second kappa shape index (κ2) is 6.59. The average Bonchev–Trinajstić information content (AvgIpc) is 2.75. The Bertz CT molecular complexity index is 417. The largest absolute Gasteiger partial charge is 0.461 e. The number of carbonyl (C=O) groups excluding carboxylic acids is 1. The van der Waals surface area contributed by atoms with Gasteiger partial charge in [0.05, 0.1) is 6.61 Å². The van der Waals surface area contributed by atoms with Gasteiger partial charge in [0, 0.05) is 6.04 Å². The molecule has 1 aliphatic rings. The van der Waals surface area contributed by atoms with Crippen molar-refractivity contribution in [1.29, 1.82) is 0 Å². The van der Waals surface area contributed by atoms with Crippen molar-refractivity contribution in [3.63, 3.8) is 0 Å². The van der Waals surface area contributed by atoms with Gasteiger partial charge >= 0.3 is 5.97 Å². The molecule has 1 aliphatic carbocycles. The minimum atomic E-state index is -0.436. The van der Waals surface area contributed by atoms with Crippen molar-refractivity contribution in [3.8, 4) is 0 Å². The van der Waals surface area contributed by atoms with Crippen LogP contribution in [0.15, 0.2) is 10.7 Å². The monoisotopic (exact) mass is 266 g/mol. The Kier molecular flexibility index (Phi) is 4.82. The fraction of sp³-hybridized carbons (Fsp3) is 0.714. The van der Waals surface area contributed by atoms with Gasteiger partial charge in [0.1, 0.15) is 6.26 Å². The van der Waals surface area contributed by atoms with Crippen LogP contribution in [0.3, 0.4) is 0 Å². The van der Waals surface area contributed by atoms with Gasteiger partial charge in [-0.25, -0.2) is 4.79 Å². The number of anilines is 1. The molecule has 0 spiro atoms. The van der Waals surface area contributed by atoms with Crippen molar-refractivity contribution >= 4 is 12.0 Å². The van der Waals surface area contributed by atoms with Gasteiger partial charge in [-0.15, -0.1) is 0 Å². The molecular weight excluding hydrogens is 244 g/mol. The van der Waals surface area contributed by atoms with Gasteiger partial charge in [-0.05, 0) is 32.1 Å². The van der Waals surface area contributed by atoms with E-state index in [1.165, 1.54) is 25.5 Å². The van der Waals surface area contributed by atoms with Crippen LogP contribution in [-0.2, 0) is 4.74 Å². The summed E-state index contributed by atoms with van der Waals surface area (Å²) in [7, 11) is 0. The van der Waals surface area contributed by atoms with Crippen LogP contribution < -0.4 is 5.32 Å². The standard InChI is InChI=1S/C14H22N2O3/c1-3-18-13(17)12-9-19-14(16-12)15-11-6-4-5-10(2)7-8-11/h9-11H,3-8H2,1-2H3,(H,15,16). The Morgan fingerprint density at radius 2 is 2.32 bits per heavy atom. The number of rotatable bonds is 4. The van der Waals surface area contributed by atoms with Crippen molar-refractivity contribution in [2.45, 2.75) is 52.0 Å². The fourth-order valence-corrected chi connectivity index (χ4v) is 2.44. The van der Waals surface area contributed by atoms with Crippen molar-refractivity contribution in [2.24, 2.45) is 5.92 Å². The van der Waals surface area contributed by atoms with Gasteiger partial charge in [0.15, 0.2) is 5.69 Å². The summed E-state index contributed by atoms with van der Waals surface area (Å²) >= 11 is 0. The second-order valence-corrected chi connectivity index (χ2v) is 5.21. The number of ether oxygens (including phenoxy) is 1. The number of hydrogen-bond donors (Lipinski definition) is 1. The zero-order valence-corrected chi connectivity index (χ0v) is 11.6. The summed E-state index contributed by atoms with van der Waals surface area (Å²) in [6.07, 6.45) is 7.34. The quantitative estimate of drug-likeness (QED) is 0.669. The minimum Gasteiger partial charge on any atom is -0.461 e. The smallest absolute Gasteiger partial charge is 0.360 e. The third kappa shape index (κ3) is 3.98. The number of hydrogen-bond acceptors (Lipinski definition) is 5. The number of oxazole rings is 1. The highest BCUT2D eigenvalue weighted by molar-refractivity contribution is 5.87. The van der Waals surface area contributed by atoms with E-state index in [2.05, 4.69) is 17.2 Å². The van der Waals surface area contributed by atoms with Crippen LogP contribution in [-0.4, -0.2) is 23.6 Å². The van der Waals surface area contributed by atoms with Crippen LogP contribution in [0.1, 0.15) is 56.4 Å². The summed E-state index contributed by atoms with van der Waals surface area (Å²) in [5.41, 5.74) is 0.228. The first kappa shape index (κ1) is 13.9. The minimum absolute atomic E-state index is 0.228. The molecule has 1 aromatic rings. The first-order valence-corrected chi connectivity index (χ1v) is 7.08. The molecule has 2 rings (SSSR count). The highest BCUT2D eigenvalue weighted by atomic mass is 16.5. The van der Waals surface area contributed by atoms with Crippen molar-refractivity contribution in [2.75, 3.05) is 11.9 Å². The molecule has 2 atom stereocenters. The van der Waals surface area contributed by atoms with E-state index in [9.17, 15) is 4.79 Å². The summed E-state index contributed by atoms with van der Waals surface area (Å²) in [4.78, 5) is 15.6. The molecule has 0 aliphatic heterocycles. The number of nitrogens with zero attached hydrogens (tertiary/aromatic N) is 1. The predicted octanol–water partition coefficient (Wildman–Crippen LogP) is 3.23. The molecule has 1 N–H and O–H groups in total.